The van der Waals surface area contributed by atoms with E-state index in [9.17, 15) is 9.59 Å². The van der Waals surface area contributed by atoms with Crippen molar-refractivity contribution in [1.29, 1.82) is 0 Å². The maximum Gasteiger partial charge on any atom is 0.272 e. The van der Waals surface area contributed by atoms with Gasteiger partial charge in [0.15, 0.2) is 0 Å². The summed E-state index contributed by atoms with van der Waals surface area (Å²) in [6.07, 6.45) is 2.97. The number of carbonyl (C=O) groups excluding carboxylic acids is 2. The molecule has 1 aromatic heterocycles. The number of anilines is 1. The summed E-state index contributed by atoms with van der Waals surface area (Å²) in [5.41, 5.74) is 3.90. The summed E-state index contributed by atoms with van der Waals surface area (Å²) in [6, 6.07) is 14.0. The zero-order valence-corrected chi connectivity index (χ0v) is 17.1. The van der Waals surface area contributed by atoms with Gasteiger partial charge in [0.2, 0.25) is 0 Å². The third-order valence-electron chi connectivity index (χ3n) is 4.61. The lowest BCUT2D eigenvalue weighted by Crippen LogP contribution is -2.31. The number of amides is 2. The Morgan fingerprint density at radius 2 is 1.79 bits per heavy atom. The zero-order valence-electron chi connectivity index (χ0n) is 16.4. The fraction of sp³-hybridized carbons (Fsp3) is 0.130. The maximum absolute atomic E-state index is 12.9. The molecular formula is C23H21ClN2O3. The van der Waals surface area contributed by atoms with Crippen LogP contribution < -0.4 is 10.6 Å². The average Bonchev–Trinajstić information content (AvgIpc) is 3.20. The summed E-state index contributed by atoms with van der Waals surface area (Å²) in [5, 5.41) is 6.02. The monoisotopic (exact) mass is 408 g/mol. The molecule has 1 heterocycles. The molecule has 2 amide bonds. The number of hydrogen-bond acceptors (Lipinski definition) is 3. The highest BCUT2D eigenvalue weighted by atomic mass is 35.5. The van der Waals surface area contributed by atoms with Gasteiger partial charge < -0.3 is 15.1 Å². The van der Waals surface area contributed by atoms with Gasteiger partial charge in [0.25, 0.3) is 11.8 Å². The van der Waals surface area contributed by atoms with E-state index in [0.29, 0.717) is 22.0 Å². The van der Waals surface area contributed by atoms with Gasteiger partial charge in [-0.05, 0) is 73.9 Å². The van der Waals surface area contributed by atoms with Gasteiger partial charge in [-0.25, -0.2) is 0 Å². The minimum atomic E-state index is -0.482. The van der Waals surface area contributed by atoms with Crippen LogP contribution in [0.4, 0.5) is 5.69 Å². The molecule has 0 aliphatic heterocycles. The van der Waals surface area contributed by atoms with E-state index in [0.717, 1.165) is 16.7 Å². The molecule has 0 fully saturated rings. The van der Waals surface area contributed by atoms with E-state index >= 15 is 0 Å². The number of furan rings is 1. The third-order valence-corrected chi connectivity index (χ3v) is 5.02. The minimum absolute atomic E-state index is 0.0579. The summed E-state index contributed by atoms with van der Waals surface area (Å²) >= 11 is 6.13. The molecule has 2 N–H and O–H groups in total. The highest BCUT2D eigenvalue weighted by Crippen LogP contribution is 2.23. The van der Waals surface area contributed by atoms with Crippen molar-refractivity contribution in [2.75, 3.05) is 5.32 Å². The summed E-state index contributed by atoms with van der Waals surface area (Å²) in [4.78, 5) is 25.7. The largest absolute Gasteiger partial charge is 0.465 e. The van der Waals surface area contributed by atoms with E-state index in [2.05, 4.69) is 10.6 Å². The molecule has 2 aromatic carbocycles. The van der Waals surface area contributed by atoms with Crippen molar-refractivity contribution in [3.05, 3.63) is 93.5 Å². The van der Waals surface area contributed by atoms with Crippen LogP contribution in [0.1, 0.15) is 32.8 Å². The van der Waals surface area contributed by atoms with Crippen LogP contribution in [0.5, 0.6) is 0 Å². The van der Waals surface area contributed by atoms with Crippen molar-refractivity contribution in [2.45, 2.75) is 20.8 Å². The van der Waals surface area contributed by atoms with E-state index in [-0.39, 0.29) is 11.6 Å². The molecule has 29 heavy (non-hydrogen) atoms. The molecule has 6 heteroatoms. The molecule has 0 aliphatic rings. The topological polar surface area (TPSA) is 71.3 Å². The number of carbonyl (C=O) groups is 2. The lowest BCUT2D eigenvalue weighted by atomic mass is 10.1. The lowest BCUT2D eigenvalue weighted by molar-refractivity contribution is -0.113. The first kappa shape index (κ1) is 20.4. The second-order valence-electron chi connectivity index (χ2n) is 6.69. The van der Waals surface area contributed by atoms with Gasteiger partial charge in [-0.2, -0.15) is 0 Å². The second-order valence-corrected chi connectivity index (χ2v) is 7.10. The maximum atomic E-state index is 12.9. The molecule has 0 saturated heterocycles. The molecular weight excluding hydrogens is 388 g/mol. The van der Waals surface area contributed by atoms with Gasteiger partial charge in [-0.3, -0.25) is 9.59 Å². The van der Waals surface area contributed by atoms with Gasteiger partial charge >= 0.3 is 0 Å². The van der Waals surface area contributed by atoms with E-state index in [1.54, 1.807) is 42.5 Å². The Bertz CT molecular complexity index is 1090. The molecule has 0 unspecified atom stereocenters. The number of nitrogens with one attached hydrogen (secondary N) is 2. The highest BCUT2D eigenvalue weighted by Gasteiger charge is 2.17. The normalized spacial score (nSPS) is 11.2. The Morgan fingerprint density at radius 1 is 1.00 bits per heavy atom. The van der Waals surface area contributed by atoms with Gasteiger partial charge in [0, 0.05) is 22.3 Å². The van der Waals surface area contributed by atoms with Gasteiger partial charge in [0.1, 0.15) is 11.5 Å². The van der Waals surface area contributed by atoms with Crippen molar-refractivity contribution >= 4 is 35.2 Å². The average molecular weight is 409 g/mol. The van der Waals surface area contributed by atoms with Crippen LogP contribution >= 0.6 is 11.6 Å². The fourth-order valence-corrected chi connectivity index (χ4v) is 2.86. The summed E-state index contributed by atoms with van der Waals surface area (Å²) in [5.74, 6) is -0.425. The molecule has 0 atom stereocenters. The number of hydrogen-bond donors (Lipinski definition) is 2. The number of benzene rings is 2. The Morgan fingerprint density at radius 3 is 2.48 bits per heavy atom. The predicted octanol–water partition coefficient (Wildman–Crippen LogP) is 5.27. The molecule has 5 nitrogen and oxygen atoms in total. The van der Waals surface area contributed by atoms with E-state index in [1.165, 1.54) is 12.3 Å². The standard InChI is InChI=1S/C23H21ClN2O3/c1-14-9-10-17(12-15(14)2)22(27)26-21(13-18-6-5-11-29-18)23(28)25-20-8-4-7-19(24)16(20)3/h4-13H,1-3H3,(H,25,28)(H,26,27)/b21-13-. The van der Waals surface area contributed by atoms with Gasteiger partial charge in [0.05, 0.1) is 6.26 Å². The van der Waals surface area contributed by atoms with Crippen LogP contribution in [0.3, 0.4) is 0 Å². The van der Waals surface area contributed by atoms with Crippen molar-refractivity contribution < 1.29 is 14.0 Å². The van der Waals surface area contributed by atoms with Crippen molar-refractivity contribution in [3.8, 4) is 0 Å². The third kappa shape index (κ3) is 4.95. The van der Waals surface area contributed by atoms with E-state index in [1.807, 2.05) is 26.8 Å². The van der Waals surface area contributed by atoms with Crippen molar-refractivity contribution in [1.82, 2.24) is 5.32 Å². The van der Waals surface area contributed by atoms with Crippen molar-refractivity contribution in [3.63, 3.8) is 0 Å². The SMILES string of the molecule is Cc1ccc(C(=O)N/C(=C\c2ccco2)C(=O)Nc2cccc(Cl)c2C)cc1C. The van der Waals surface area contributed by atoms with Crippen LogP contribution in [-0.4, -0.2) is 11.8 Å². The smallest absolute Gasteiger partial charge is 0.272 e. The van der Waals surface area contributed by atoms with Crippen LogP contribution in [0.15, 0.2) is 64.9 Å². The summed E-state index contributed by atoms with van der Waals surface area (Å²) in [7, 11) is 0. The molecule has 3 aromatic rings. The minimum Gasteiger partial charge on any atom is -0.465 e. The molecule has 0 spiro atoms. The number of aryl methyl sites for hydroxylation is 2. The van der Waals surface area contributed by atoms with E-state index in [4.69, 9.17) is 16.0 Å². The lowest BCUT2D eigenvalue weighted by Gasteiger charge is -2.13. The molecule has 0 saturated carbocycles. The first-order valence-corrected chi connectivity index (χ1v) is 9.43. The summed E-state index contributed by atoms with van der Waals surface area (Å²) in [6.45, 7) is 5.71. The number of halogens is 1. The first-order valence-electron chi connectivity index (χ1n) is 9.05. The molecule has 0 bridgehead atoms. The zero-order chi connectivity index (χ0) is 21.0. The van der Waals surface area contributed by atoms with Crippen molar-refractivity contribution in [2.24, 2.45) is 0 Å². The van der Waals surface area contributed by atoms with Crippen LogP contribution in [0.25, 0.3) is 6.08 Å². The number of rotatable bonds is 5. The fourth-order valence-electron chi connectivity index (χ4n) is 2.68. The highest BCUT2D eigenvalue weighted by molar-refractivity contribution is 6.31. The predicted molar refractivity (Wildman–Crippen MR) is 115 cm³/mol. The Hall–Kier alpha value is -3.31. The quantitative estimate of drug-likeness (QED) is 0.565. The Labute approximate surface area is 174 Å². The Balaban J connectivity index is 1.88. The molecule has 0 radical (unpaired) electrons. The summed E-state index contributed by atoms with van der Waals surface area (Å²) < 4.78 is 5.30. The first-order chi connectivity index (χ1) is 13.8. The van der Waals surface area contributed by atoms with Crippen LogP contribution in [-0.2, 0) is 4.79 Å². The van der Waals surface area contributed by atoms with Gasteiger partial charge in [-0.15, -0.1) is 0 Å². The Kier molecular flexibility index (Phi) is 6.20. The molecule has 0 aliphatic carbocycles. The van der Waals surface area contributed by atoms with Crippen LogP contribution in [0.2, 0.25) is 5.02 Å². The molecule has 148 valence electrons. The van der Waals surface area contributed by atoms with Crippen LogP contribution in [0, 0.1) is 20.8 Å². The molecule has 3 rings (SSSR count). The van der Waals surface area contributed by atoms with Gasteiger partial charge in [-0.1, -0.05) is 23.7 Å². The second kappa shape index (κ2) is 8.80. The van der Waals surface area contributed by atoms with E-state index < -0.39 is 5.91 Å².